The second kappa shape index (κ2) is 8.02. The molecule has 8 nitrogen and oxygen atoms in total. The van der Waals surface area contributed by atoms with Crippen molar-refractivity contribution in [2.45, 2.75) is 56.4 Å². The van der Waals surface area contributed by atoms with Crippen molar-refractivity contribution in [1.29, 1.82) is 0 Å². The average Bonchev–Trinajstić information content (AvgIpc) is 2.97. The molecule has 29 heavy (non-hydrogen) atoms. The number of ether oxygens (including phenoxy) is 1. The normalized spacial score (nSPS) is 21.9. The molecule has 1 aromatic carbocycles. The summed E-state index contributed by atoms with van der Waals surface area (Å²) in [6, 6.07) is 4.65. The minimum absolute atomic E-state index is 0.000474. The van der Waals surface area contributed by atoms with E-state index in [1.807, 2.05) is 6.07 Å². The van der Waals surface area contributed by atoms with E-state index < -0.39 is 17.6 Å². The number of carbonyl (C=O) groups excluding carboxylic acids is 2. The van der Waals surface area contributed by atoms with Gasteiger partial charge in [-0.2, -0.15) is 0 Å². The second-order valence-electron chi connectivity index (χ2n) is 8.22. The molecule has 0 bridgehead atoms. The van der Waals surface area contributed by atoms with Gasteiger partial charge in [-0.15, -0.1) is 0 Å². The fourth-order valence-electron chi connectivity index (χ4n) is 4.94. The first-order valence-electron chi connectivity index (χ1n) is 10.3. The standard InChI is InChI=1S/C21H27N3O5/c25-18(17(24-20(27)28)13-4-2-1-3-5-13)22-14-6-7-15-16(12-14)23-19(26)21(15)8-10-29-11-9-21/h6-7,12-13,17,24H,1-5,8-11H2,(H,22,25)(H,23,26)(H,27,28). The molecule has 1 unspecified atom stereocenters. The van der Waals surface area contributed by atoms with Crippen LogP contribution in [0, 0.1) is 5.92 Å². The zero-order valence-electron chi connectivity index (χ0n) is 16.3. The summed E-state index contributed by atoms with van der Waals surface area (Å²) in [5.74, 6) is -0.379. The van der Waals surface area contributed by atoms with Crippen LogP contribution in [0.2, 0.25) is 0 Å². The van der Waals surface area contributed by atoms with Gasteiger partial charge in [0.25, 0.3) is 0 Å². The van der Waals surface area contributed by atoms with Crippen LogP contribution in [0.4, 0.5) is 16.2 Å². The van der Waals surface area contributed by atoms with Crippen LogP contribution < -0.4 is 16.0 Å². The molecule has 4 N–H and O–H groups in total. The third-order valence-electron chi connectivity index (χ3n) is 6.51. The minimum Gasteiger partial charge on any atom is -0.465 e. The number of hydrogen-bond donors (Lipinski definition) is 4. The number of amides is 3. The zero-order chi connectivity index (χ0) is 20.4. The first-order valence-corrected chi connectivity index (χ1v) is 10.3. The van der Waals surface area contributed by atoms with Crippen LogP contribution in [-0.2, 0) is 19.7 Å². The Labute approximate surface area is 169 Å². The Kier molecular flexibility index (Phi) is 5.45. The van der Waals surface area contributed by atoms with Crippen molar-refractivity contribution >= 4 is 29.3 Å². The van der Waals surface area contributed by atoms with Crippen LogP contribution in [0.3, 0.4) is 0 Å². The van der Waals surface area contributed by atoms with E-state index >= 15 is 0 Å². The number of anilines is 2. The molecule has 2 heterocycles. The van der Waals surface area contributed by atoms with E-state index in [1.165, 1.54) is 0 Å². The van der Waals surface area contributed by atoms with Crippen molar-refractivity contribution < 1.29 is 24.2 Å². The highest BCUT2D eigenvalue weighted by Crippen LogP contribution is 2.45. The summed E-state index contributed by atoms with van der Waals surface area (Å²) in [6.07, 6.45) is 4.90. The van der Waals surface area contributed by atoms with E-state index in [4.69, 9.17) is 4.74 Å². The molecular weight excluding hydrogens is 374 g/mol. The molecule has 1 aliphatic carbocycles. The maximum absolute atomic E-state index is 12.9. The van der Waals surface area contributed by atoms with Gasteiger partial charge in [-0.05, 0) is 49.3 Å². The minimum atomic E-state index is -1.20. The molecule has 1 aromatic rings. The predicted molar refractivity (Wildman–Crippen MR) is 107 cm³/mol. The summed E-state index contributed by atoms with van der Waals surface area (Å²) in [6.45, 7) is 1.10. The highest BCUT2D eigenvalue weighted by molar-refractivity contribution is 6.07. The quantitative estimate of drug-likeness (QED) is 0.619. The molecule has 3 amide bonds. The molecule has 2 aliphatic heterocycles. The van der Waals surface area contributed by atoms with Crippen LogP contribution in [0.5, 0.6) is 0 Å². The third kappa shape index (κ3) is 3.81. The number of carboxylic acid groups (broad SMARTS) is 1. The second-order valence-corrected chi connectivity index (χ2v) is 8.22. The van der Waals surface area contributed by atoms with Gasteiger partial charge in [0, 0.05) is 24.6 Å². The van der Waals surface area contributed by atoms with Gasteiger partial charge in [0.05, 0.1) is 5.41 Å². The lowest BCUT2D eigenvalue weighted by Crippen LogP contribution is -2.48. The summed E-state index contributed by atoms with van der Waals surface area (Å²) >= 11 is 0. The molecule has 3 aliphatic rings. The first-order chi connectivity index (χ1) is 14.0. The highest BCUT2D eigenvalue weighted by atomic mass is 16.5. The monoisotopic (exact) mass is 401 g/mol. The summed E-state index contributed by atoms with van der Waals surface area (Å²) in [7, 11) is 0. The number of rotatable bonds is 4. The van der Waals surface area contributed by atoms with Crippen LogP contribution in [0.15, 0.2) is 18.2 Å². The lowest BCUT2D eigenvalue weighted by Gasteiger charge is -2.31. The van der Waals surface area contributed by atoms with Gasteiger partial charge < -0.3 is 25.8 Å². The van der Waals surface area contributed by atoms with E-state index in [0.717, 1.165) is 37.7 Å². The Hall–Kier alpha value is -2.61. The number of fused-ring (bicyclic) bond motifs is 2. The maximum Gasteiger partial charge on any atom is 0.405 e. The molecule has 2 fully saturated rings. The fraction of sp³-hybridized carbons (Fsp3) is 0.571. The molecule has 156 valence electrons. The van der Waals surface area contributed by atoms with E-state index in [-0.39, 0.29) is 17.7 Å². The topological polar surface area (TPSA) is 117 Å². The number of nitrogens with one attached hydrogen (secondary N) is 3. The Morgan fingerprint density at radius 1 is 1.17 bits per heavy atom. The number of benzene rings is 1. The summed E-state index contributed by atoms with van der Waals surface area (Å²) in [4.78, 5) is 36.7. The van der Waals surface area contributed by atoms with Crippen molar-refractivity contribution in [2.24, 2.45) is 5.92 Å². The molecular formula is C21H27N3O5. The van der Waals surface area contributed by atoms with Gasteiger partial charge in [0.2, 0.25) is 11.8 Å². The van der Waals surface area contributed by atoms with Gasteiger partial charge in [-0.1, -0.05) is 25.3 Å². The Balaban J connectivity index is 1.52. The molecule has 4 rings (SSSR count). The largest absolute Gasteiger partial charge is 0.465 e. The predicted octanol–water partition coefficient (Wildman–Crippen LogP) is 2.84. The molecule has 8 heteroatoms. The zero-order valence-corrected chi connectivity index (χ0v) is 16.3. The first kappa shape index (κ1) is 19.7. The van der Waals surface area contributed by atoms with E-state index in [9.17, 15) is 19.5 Å². The molecule has 1 saturated carbocycles. The van der Waals surface area contributed by atoms with Crippen LogP contribution in [0.25, 0.3) is 0 Å². The molecule has 1 atom stereocenters. The van der Waals surface area contributed by atoms with Crippen molar-refractivity contribution in [1.82, 2.24) is 5.32 Å². The fourth-order valence-corrected chi connectivity index (χ4v) is 4.94. The van der Waals surface area contributed by atoms with Crippen molar-refractivity contribution in [3.05, 3.63) is 23.8 Å². The third-order valence-corrected chi connectivity index (χ3v) is 6.51. The van der Waals surface area contributed by atoms with Gasteiger partial charge in [0.1, 0.15) is 6.04 Å². The Bertz CT molecular complexity index is 813. The molecule has 1 saturated heterocycles. The van der Waals surface area contributed by atoms with E-state index in [2.05, 4.69) is 16.0 Å². The van der Waals surface area contributed by atoms with Crippen molar-refractivity contribution in [3.8, 4) is 0 Å². The summed E-state index contributed by atoms with van der Waals surface area (Å²) < 4.78 is 5.42. The van der Waals surface area contributed by atoms with Gasteiger partial charge in [0.15, 0.2) is 0 Å². The van der Waals surface area contributed by atoms with Crippen LogP contribution in [-0.4, -0.2) is 42.3 Å². The molecule has 1 spiro atoms. The highest BCUT2D eigenvalue weighted by Gasteiger charge is 2.47. The van der Waals surface area contributed by atoms with E-state index in [0.29, 0.717) is 37.4 Å². The average molecular weight is 401 g/mol. The SMILES string of the molecule is O=C(O)NC(C(=O)Nc1ccc2c(c1)NC(=O)C21CCOCC1)C1CCCCC1. The van der Waals surface area contributed by atoms with Gasteiger partial charge >= 0.3 is 6.09 Å². The smallest absolute Gasteiger partial charge is 0.405 e. The molecule has 0 aromatic heterocycles. The van der Waals surface area contributed by atoms with Crippen LogP contribution in [0.1, 0.15) is 50.5 Å². The van der Waals surface area contributed by atoms with Gasteiger partial charge in [-0.25, -0.2) is 4.79 Å². The maximum atomic E-state index is 12.9. The van der Waals surface area contributed by atoms with Crippen molar-refractivity contribution in [2.75, 3.05) is 23.8 Å². The number of hydrogen-bond acceptors (Lipinski definition) is 4. The van der Waals surface area contributed by atoms with E-state index in [1.54, 1.807) is 12.1 Å². The molecule has 0 radical (unpaired) electrons. The lowest BCUT2D eigenvalue weighted by atomic mass is 9.75. The Morgan fingerprint density at radius 2 is 1.90 bits per heavy atom. The van der Waals surface area contributed by atoms with Crippen molar-refractivity contribution in [3.63, 3.8) is 0 Å². The van der Waals surface area contributed by atoms with Crippen LogP contribution >= 0.6 is 0 Å². The van der Waals surface area contributed by atoms with Gasteiger partial charge in [-0.3, -0.25) is 9.59 Å². The summed E-state index contributed by atoms with van der Waals surface area (Å²) in [5.41, 5.74) is 1.64. The summed E-state index contributed by atoms with van der Waals surface area (Å²) in [5, 5.41) is 17.4. The number of carbonyl (C=O) groups is 3. The lowest BCUT2D eigenvalue weighted by molar-refractivity contribution is -0.124. The Morgan fingerprint density at radius 3 is 2.59 bits per heavy atom.